The van der Waals surface area contributed by atoms with E-state index in [1.165, 1.54) is 0 Å². The summed E-state index contributed by atoms with van der Waals surface area (Å²) in [6, 6.07) is 2.70. The normalized spacial score (nSPS) is 16.5. The SMILES string of the molecule is CC(C)NC(C)(C#N)CC(C)Sc1nccs1. The fourth-order valence-electron chi connectivity index (χ4n) is 1.83. The Hall–Kier alpha value is -0.570. The maximum Gasteiger partial charge on any atom is 0.150 e. The lowest BCUT2D eigenvalue weighted by atomic mass is 9.97. The average Bonchev–Trinajstić information content (AvgIpc) is 2.68. The van der Waals surface area contributed by atoms with Crippen molar-refractivity contribution in [3.05, 3.63) is 11.6 Å². The molecule has 2 atom stereocenters. The molecule has 1 rings (SSSR count). The molecular formula is C12H19N3S2. The van der Waals surface area contributed by atoms with Gasteiger partial charge in [-0.15, -0.1) is 11.3 Å². The number of hydrogen-bond acceptors (Lipinski definition) is 5. The van der Waals surface area contributed by atoms with E-state index in [-0.39, 0.29) is 0 Å². The highest BCUT2D eigenvalue weighted by molar-refractivity contribution is 8.01. The highest BCUT2D eigenvalue weighted by atomic mass is 32.2. The zero-order valence-electron chi connectivity index (χ0n) is 10.7. The molecule has 1 aromatic rings. The van der Waals surface area contributed by atoms with Crippen molar-refractivity contribution in [1.29, 1.82) is 5.26 Å². The molecule has 2 unspecified atom stereocenters. The summed E-state index contributed by atoms with van der Waals surface area (Å²) in [6.07, 6.45) is 2.63. The third kappa shape index (κ3) is 5.07. The van der Waals surface area contributed by atoms with Crippen LogP contribution in [0.4, 0.5) is 0 Å². The second kappa shape index (κ2) is 6.39. The first-order chi connectivity index (χ1) is 7.95. The van der Waals surface area contributed by atoms with E-state index in [4.69, 9.17) is 0 Å². The predicted octanol–water partition coefficient (Wildman–Crippen LogP) is 3.29. The van der Waals surface area contributed by atoms with E-state index in [9.17, 15) is 5.26 Å². The number of rotatable bonds is 6. The van der Waals surface area contributed by atoms with E-state index in [0.717, 1.165) is 10.8 Å². The van der Waals surface area contributed by atoms with Gasteiger partial charge in [0, 0.05) is 22.9 Å². The molecule has 17 heavy (non-hydrogen) atoms. The number of thioether (sulfide) groups is 1. The molecular weight excluding hydrogens is 250 g/mol. The molecule has 1 heterocycles. The summed E-state index contributed by atoms with van der Waals surface area (Å²) in [7, 11) is 0. The monoisotopic (exact) mass is 269 g/mol. The van der Waals surface area contributed by atoms with E-state index >= 15 is 0 Å². The summed E-state index contributed by atoms with van der Waals surface area (Å²) in [5.41, 5.74) is -0.460. The number of thiazole rings is 1. The van der Waals surface area contributed by atoms with Gasteiger partial charge in [0.25, 0.3) is 0 Å². The number of nitrogens with zero attached hydrogens (tertiary/aromatic N) is 2. The molecule has 94 valence electrons. The smallest absolute Gasteiger partial charge is 0.150 e. The van der Waals surface area contributed by atoms with Crippen LogP contribution < -0.4 is 5.32 Å². The molecule has 3 nitrogen and oxygen atoms in total. The fourth-order valence-corrected chi connectivity index (χ4v) is 3.96. The van der Waals surface area contributed by atoms with Crippen LogP contribution in [-0.2, 0) is 0 Å². The first-order valence-electron chi connectivity index (χ1n) is 5.70. The van der Waals surface area contributed by atoms with Gasteiger partial charge >= 0.3 is 0 Å². The molecule has 0 aliphatic heterocycles. The third-order valence-electron chi connectivity index (χ3n) is 2.26. The Morgan fingerprint density at radius 3 is 2.76 bits per heavy atom. The quantitative estimate of drug-likeness (QED) is 0.805. The van der Waals surface area contributed by atoms with Crippen molar-refractivity contribution in [3.8, 4) is 6.07 Å². The first-order valence-corrected chi connectivity index (χ1v) is 7.46. The lowest BCUT2D eigenvalue weighted by Gasteiger charge is -2.28. The fraction of sp³-hybridized carbons (Fsp3) is 0.667. The van der Waals surface area contributed by atoms with Crippen molar-refractivity contribution >= 4 is 23.1 Å². The van der Waals surface area contributed by atoms with Crippen molar-refractivity contribution in [3.63, 3.8) is 0 Å². The Kier molecular flexibility index (Phi) is 5.44. The van der Waals surface area contributed by atoms with Crippen LogP contribution in [0.1, 0.15) is 34.1 Å². The van der Waals surface area contributed by atoms with Crippen LogP contribution in [0.5, 0.6) is 0 Å². The van der Waals surface area contributed by atoms with Crippen LogP contribution >= 0.6 is 23.1 Å². The number of hydrogen-bond donors (Lipinski definition) is 1. The largest absolute Gasteiger partial charge is 0.297 e. The van der Waals surface area contributed by atoms with Crippen LogP contribution in [0.15, 0.2) is 15.9 Å². The molecule has 5 heteroatoms. The number of nitrogens with one attached hydrogen (secondary N) is 1. The summed E-state index contributed by atoms with van der Waals surface area (Å²) in [6.45, 7) is 8.23. The molecule has 0 aliphatic rings. The molecule has 0 saturated carbocycles. The van der Waals surface area contributed by atoms with E-state index < -0.39 is 5.54 Å². The Morgan fingerprint density at radius 2 is 2.29 bits per heavy atom. The van der Waals surface area contributed by atoms with Gasteiger partial charge in [-0.1, -0.05) is 18.7 Å². The van der Waals surface area contributed by atoms with Gasteiger partial charge in [-0.3, -0.25) is 5.32 Å². The van der Waals surface area contributed by atoms with Gasteiger partial charge in [-0.2, -0.15) is 5.26 Å². The van der Waals surface area contributed by atoms with E-state index in [1.807, 2.05) is 18.5 Å². The van der Waals surface area contributed by atoms with Gasteiger partial charge in [-0.25, -0.2) is 4.98 Å². The molecule has 1 N–H and O–H groups in total. The number of aromatic nitrogens is 1. The maximum absolute atomic E-state index is 9.27. The molecule has 0 aromatic carbocycles. The van der Waals surface area contributed by atoms with E-state index in [0.29, 0.717) is 11.3 Å². The summed E-state index contributed by atoms with van der Waals surface area (Å²) < 4.78 is 1.07. The predicted molar refractivity (Wildman–Crippen MR) is 74.3 cm³/mol. The van der Waals surface area contributed by atoms with Gasteiger partial charge in [0.2, 0.25) is 0 Å². The molecule has 0 spiro atoms. The Balaban J connectivity index is 2.53. The molecule has 0 fully saturated rings. The van der Waals surface area contributed by atoms with Crippen LogP contribution in [0.25, 0.3) is 0 Å². The van der Waals surface area contributed by atoms with Crippen molar-refractivity contribution < 1.29 is 0 Å². The second-order valence-corrected chi connectivity index (χ2v) is 7.25. The average molecular weight is 269 g/mol. The van der Waals surface area contributed by atoms with Crippen LogP contribution in [0.2, 0.25) is 0 Å². The molecule has 1 aromatic heterocycles. The Morgan fingerprint density at radius 1 is 1.59 bits per heavy atom. The minimum atomic E-state index is -0.460. The van der Waals surface area contributed by atoms with Gasteiger partial charge in [0.1, 0.15) is 9.88 Å². The Labute approximate surface area is 112 Å². The zero-order valence-corrected chi connectivity index (χ0v) is 12.4. The lowest BCUT2D eigenvalue weighted by Crippen LogP contribution is -2.46. The van der Waals surface area contributed by atoms with Crippen LogP contribution in [0, 0.1) is 11.3 Å². The lowest BCUT2D eigenvalue weighted by molar-refractivity contribution is 0.382. The maximum atomic E-state index is 9.27. The topological polar surface area (TPSA) is 48.7 Å². The van der Waals surface area contributed by atoms with Crippen molar-refractivity contribution in [2.75, 3.05) is 0 Å². The van der Waals surface area contributed by atoms with E-state index in [1.54, 1.807) is 23.1 Å². The van der Waals surface area contributed by atoms with Gasteiger partial charge in [0.15, 0.2) is 0 Å². The van der Waals surface area contributed by atoms with Gasteiger partial charge in [-0.05, 0) is 27.2 Å². The van der Waals surface area contributed by atoms with Crippen molar-refractivity contribution in [1.82, 2.24) is 10.3 Å². The number of nitriles is 1. The summed E-state index contributed by atoms with van der Waals surface area (Å²) in [5.74, 6) is 0. The first kappa shape index (κ1) is 14.5. The highest BCUT2D eigenvalue weighted by Gasteiger charge is 2.27. The van der Waals surface area contributed by atoms with Crippen molar-refractivity contribution in [2.24, 2.45) is 0 Å². The molecule has 0 radical (unpaired) electrons. The second-order valence-electron chi connectivity index (χ2n) is 4.67. The highest BCUT2D eigenvalue weighted by Crippen LogP contribution is 2.29. The molecule has 0 amide bonds. The minimum absolute atomic E-state index is 0.316. The molecule has 0 saturated heterocycles. The van der Waals surface area contributed by atoms with Crippen LogP contribution in [-0.4, -0.2) is 21.8 Å². The van der Waals surface area contributed by atoms with E-state index in [2.05, 4.69) is 37.1 Å². The summed E-state index contributed by atoms with van der Waals surface area (Å²) in [4.78, 5) is 4.25. The Bertz CT molecular complexity index is 370. The third-order valence-corrected chi connectivity index (χ3v) is 4.28. The van der Waals surface area contributed by atoms with Gasteiger partial charge < -0.3 is 0 Å². The molecule has 0 aliphatic carbocycles. The molecule has 0 bridgehead atoms. The summed E-state index contributed by atoms with van der Waals surface area (Å²) in [5, 5.41) is 14.9. The van der Waals surface area contributed by atoms with Crippen molar-refractivity contribution in [2.45, 2.75) is 55.3 Å². The van der Waals surface area contributed by atoms with Crippen LogP contribution in [0.3, 0.4) is 0 Å². The summed E-state index contributed by atoms with van der Waals surface area (Å²) >= 11 is 3.38. The minimum Gasteiger partial charge on any atom is -0.297 e. The standard InChI is InChI=1S/C12H19N3S2/c1-9(2)15-12(4,8-13)7-10(3)17-11-14-5-6-16-11/h5-6,9-10,15H,7H2,1-4H3. The van der Waals surface area contributed by atoms with Gasteiger partial charge in [0.05, 0.1) is 6.07 Å². The zero-order chi connectivity index (χ0) is 12.9.